The van der Waals surface area contributed by atoms with Gasteiger partial charge < -0.3 is 5.73 Å². The summed E-state index contributed by atoms with van der Waals surface area (Å²) in [5.41, 5.74) is 7.12. The fourth-order valence-electron chi connectivity index (χ4n) is 1.64. The topological polar surface area (TPSA) is 90.0 Å². The third-order valence-electron chi connectivity index (χ3n) is 2.54. The zero-order chi connectivity index (χ0) is 14.2. The molecule has 102 valence electrons. The predicted molar refractivity (Wildman–Crippen MR) is 77.3 cm³/mol. The summed E-state index contributed by atoms with van der Waals surface area (Å²) >= 11 is 3.26. The summed E-state index contributed by atoms with van der Waals surface area (Å²) in [6.45, 7) is 1.71. The van der Waals surface area contributed by atoms with E-state index >= 15 is 0 Å². The Kier molecular flexibility index (Phi) is 3.55. The van der Waals surface area contributed by atoms with Crippen LogP contribution in [-0.2, 0) is 17.1 Å². The fraction of sp³-hybridized carbons (Fsp3) is 0.182. The van der Waals surface area contributed by atoms with Gasteiger partial charge in [0.15, 0.2) is 0 Å². The Morgan fingerprint density at radius 3 is 2.68 bits per heavy atom. The highest BCUT2D eigenvalue weighted by atomic mass is 79.9. The number of nitrogens with one attached hydrogen (secondary N) is 1. The lowest BCUT2D eigenvalue weighted by molar-refractivity contribution is 0.600. The maximum Gasteiger partial charge on any atom is 0.262 e. The highest BCUT2D eigenvalue weighted by molar-refractivity contribution is 9.10. The Morgan fingerprint density at radius 2 is 2.11 bits per heavy atom. The predicted octanol–water partition coefficient (Wildman–Crippen LogP) is 1.87. The van der Waals surface area contributed by atoms with Crippen molar-refractivity contribution in [1.82, 2.24) is 9.78 Å². The van der Waals surface area contributed by atoms with Gasteiger partial charge in [-0.25, -0.2) is 8.42 Å². The molecule has 0 amide bonds. The van der Waals surface area contributed by atoms with Gasteiger partial charge in [0, 0.05) is 23.4 Å². The van der Waals surface area contributed by atoms with E-state index < -0.39 is 10.0 Å². The lowest BCUT2D eigenvalue weighted by Crippen LogP contribution is -2.14. The van der Waals surface area contributed by atoms with E-state index in [1.54, 1.807) is 26.2 Å². The summed E-state index contributed by atoms with van der Waals surface area (Å²) in [6, 6.07) is 3.10. The SMILES string of the molecule is Cc1cc(Br)c(N)cc1S(=O)(=O)Nc1cnn(C)c1. The molecule has 6 nitrogen and oxygen atoms in total. The summed E-state index contributed by atoms with van der Waals surface area (Å²) in [6.07, 6.45) is 3.02. The van der Waals surface area contributed by atoms with Crippen molar-refractivity contribution in [2.45, 2.75) is 11.8 Å². The Hall–Kier alpha value is -1.54. The first kappa shape index (κ1) is 13.9. The Bertz CT molecular complexity index is 724. The molecule has 1 heterocycles. The summed E-state index contributed by atoms with van der Waals surface area (Å²) in [7, 11) is -1.97. The number of anilines is 2. The van der Waals surface area contributed by atoms with E-state index in [1.165, 1.54) is 16.9 Å². The van der Waals surface area contributed by atoms with Crippen LogP contribution in [0.1, 0.15) is 5.56 Å². The maximum absolute atomic E-state index is 12.3. The van der Waals surface area contributed by atoms with Crippen LogP contribution in [0.2, 0.25) is 0 Å². The van der Waals surface area contributed by atoms with Crippen molar-refractivity contribution in [3.8, 4) is 0 Å². The molecule has 0 atom stereocenters. The lowest BCUT2D eigenvalue weighted by Gasteiger charge is -2.10. The maximum atomic E-state index is 12.3. The van der Waals surface area contributed by atoms with E-state index in [-0.39, 0.29) is 4.90 Å². The molecule has 1 aromatic heterocycles. The molecule has 0 fully saturated rings. The molecule has 8 heteroatoms. The van der Waals surface area contributed by atoms with E-state index in [2.05, 4.69) is 25.8 Å². The van der Waals surface area contributed by atoms with Gasteiger partial charge in [-0.15, -0.1) is 0 Å². The molecule has 1 aromatic carbocycles. The standard InChI is InChI=1S/C11H13BrN4O2S/c1-7-3-9(12)10(13)4-11(7)19(17,18)15-8-5-14-16(2)6-8/h3-6,15H,13H2,1-2H3. The van der Waals surface area contributed by atoms with E-state index in [9.17, 15) is 8.42 Å². The Balaban J connectivity index is 2.42. The van der Waals surface area contributed by atoms with Crippen molar-refractivity contribution in [2.75, 3.05) is 10.5 Å². The fourth-order valence-corrected chi connectivity index (χ4v) is 3.39. The van der Waals surface area contributed by atoms with Gasteiger partial charge in [-0.1, -0.05) is 0 Å². The van der Waals surface area contributed by atoms with Crippen LogP contribution in [0.25, 0.3) is 0 Å². The number of nitrogens with zero attached hydrogens (tertiary/aromatic N) is 2. The van der Waals surface area contributed by atoms with Gasteiger partial charge in [-0.2, -0.15) is 5.10 Å². The highest BCUT2D eigenvalue weighted by Crippen LogP contribution is 2.27. The number of aryl methyl sites for hydroxylation is 2. The van der Waals surface area contributed by atoms with Gasteiger partial charge in [-0.3, -0.25) is 9.40 Å². The third-order valence-corrected chi connectivity index (χ3v) is 4.75. The number of benzene rings is 1. The molecule has 0 aliphatic heterocycles. The summed E-state index contributed by atoms with van der Waals surface area (Å²) in [5, 5.41) is 3.91. The average Bonchev–Trinajstić information content (AvgIpc) is 2.68. The van der Waals surface area contributed by atoms with Crippen molar-refractivity contribution in [3.05, 3.63) is 34.6 Å². The van der Waals surface area contributed by atoms with Crippen molar-refractivity contribution >= 4 is 37.3 Å². The molecule has 0 aliphatic rings. The van der Waals surface area contributed by atoms with Gasteiger partial charge in [0.25, 0.3) is 10.0 Å². The summed E-state index contributed by atoms with van der Waals surface area (Å²) in [4.78, 5) is 0.150. The molecule has 0 aliphatic carbocycles. The molecular weight excluding hydrogens is 332 g/mol. The van der Waals surface area contributed by atoms with Crippen LogP contribution < -0.4 is 10.5 Å². The van der Waals surface area contributed by atoms with E-state index in [0.717, 1.165) is 0 Å². The second-order valence-electron chi connectivity index (χ2n) is 4.15. The average molecular weight is 345 g/mol. The second-order valence-corrected chi connectivity index (χ2v) is 6.65. The first-order chi connectivity index (χ1) is 8.79. The molecule has 0 bridgehead atoms. The van der Waals surface area contributed by atoms with Gasteiger partial charge in [-0.05, 0) is 40.5 Å². The van der Waals surface area contributed by atoms with E-state index in [0.29, 0.717) is 21.4 Å². The van der Waals surface area contributed by atoms with Crippen LogP contribution in [0.3, 0.4) is 0 Å². The zero-order valence-corrected chi connectivity index (χ0v) is 12.8. The monoisotopic (exact) mass is 344 g/mol. The molecular formula is C11H13BrN4O2S. The Morgan fingerprint density at radius 1 is 1.42 bits per heavy atom. The number of halogens is 1. The number of rotatable bonds is 3. The quantitative estimate of drug-likeness (QED) is 0.831. The van der Waals surface area contributed by atoms with Crippen molar-refractivity contribution in [3.63, 3.8) is 0 Å². The number of nitrogens with two attached hydrogens (primary N) is 1. The van der Waals surface area contributed by atoms with Gasteiger partial charge in [0.1, 0.15) is 0 Å². The van der Waals surface area contributed by atoms with Gasteiger partial charge in [0.05, 0.1) is 16.8 Å². The van der Waals surface area contributed by atoms with Crippen LogP contribution in [-0.4, -0.2) is 18.2 Å². The van der Waals surface area contributed by atoms with Gasteiger partial charge in [0.2, 0.25) is 0 Å². The number of nitrogen functional groups attached to an aromatic ring is 1. The number of hydrogen-bond donors (Lipinski definition) is 2. The van der Waals surface area contributed by atoms with Crippen molar-refractivity contribution < 1.29 is 8.42 Å². The van der Waals surface area contributed by atoms with Crippen molar-refractivity contribution in [2.24, 2.45) is 7.05 Å². The van der Waals surface area contributed by atoms with E-state index in [1.807, 2.05) is 0 Å². The normalized spacial score (nSPS) is 11.5. The lowest BCUT2D eigenvalue weighted by atomic mass is 10.2. The molecule has 3 N–H and O–H groups in total. The van der Waals surface area contributed by atoms with Crippen molar-refractivity contribution in [1.29, 1.82) is 0 Å². The van der Waals surface area contributed by atoms with Crippen LogP contribution in [0.4, 0.5) is 11.4 Å². The van der Waals surface area contributed by atoms with E-state index in [4.69, 9.17) is 5.73 Å². The summed E-state index contributed by atoms with van der Waals surface area (Å²) < 4.78 is 29.2. The minimum Gasteiger partial charge on any atom is -0.398 e. The smallest absolute Gasteiger partial charge is 0.262 e. The summed E-state index contributed by atoms with van der Waals surface area (Å²) in [5.74, 6) is 0. The first-order valence-electron chi connectivity index (χ1n) is 5.36. The van der Waals surface area contributed by atoms with Crippen LogP contribution in [0.15, 0.2) is 33.9 Å². The molecule has 0 saturated carbocycles. The number of sulfonamides is 1. The first-order valence-corrected chi connectivity index (χ1v) is 7.64. The highest BCUT2D eigenvalue weighted by Gasteiger charge is 2.19. The largest absolute Gasteiger partial charge is 0.398 e. The molecule has 0 saturated heterocycles. The molecule has 0 radical (unpaired) electrons. The molecule has 0 spiro atoms. The molecule has 19 heavy (non-hydrogen) atoms. The van der Waals surface area contributed by atoms with Gasteiger partial charge >= 0.3 is 0 Å². The number of aromatic nitrogens is 2. The minimum absolute atomic E-state index is 0.150. The minimum atomic E-state index is -3.67. The van der Waals surface area contributed by atoms with Crippen LogP contribution in [0.5, 0.6) is 0 Å². The molecule has 2 rings (SSSR count). The Labute approximate surface area is 119 Å². The number of hydrogen-bond acceptors (Lipinski definition) is 4. The van der Waals surface area contributed by atoms with Crippen LogP contribution in [0, 0.1) is 6.92 Å². The molecule has 2 aromatic rings. The third kappa shape index (κ3) is 2.90. The second kappa shape index (κ2) is 4.86. The molecule has 0 unspecified atom stereocenters. The van der Waals surface area contributed by atoms with Crippen LogP contribution >= 0.6 is 15.9 Å². The zero-order valence-electron chi connectivity index (χ0n) is 10.4.